The van der Waals surface area contributed by atoms with E-state index in [0.717, 1.165) is 25.3 Å². The number of benzene rings is 1. The fourth-order valence-corrected chi connectivity index (χ4v) is 4.66. The van der Waals surface area contributed by atoms with Gasteiger partial charge in [0, 0.05) is 18.7 Å². The molecule has 2 aliphatic rings. The van der Waals surface area contributed by atoms with E-state index in [1.807, 2.05) is 0 Å². The van der Waals surface area contributed by atoms with Crippen molar-refractivity contribution in [3.63, 3.8) is 0 Å². The van der Waals surface area contributed by atoms with E-state index in [4.69, 9.17) is 15.2 Å². The second kappa shape index (κ2) is 11.0. The number of likely N-dealkylation sites (N-methyl/N-ethyl adjacent to an activating group) is 1. The van der Waals surface area contributed by atoms with Gasteiger partial charge in [-0.3, -0.25) is 14.2 Å². The summed E-state index contributed by atoms with van der Waals surface area (Å²) in [5, 5.41) is 23.2. The van der Waals surface area contributed by atoms with Crippen LogP contribution in [-0.2, 0) is 9.53 Å². The predicted octanol–water partition coefficient (Wildman–Crippen LogP) is -0.0322. The molecular weight excluding hydrogens is 525 g/mol. The van der Waals surface area contributed by atoms with Crippen molar-refractivity contribution >= 4 is 28.8 Å². The number of anilines is 1. The van der Waals surface area contributed by atoms with E-state index in [0.29, 0.717) is 0 Å². The molecule has 13 nitrogen and oxygen atoms in total. The van der Waals surface area contributed by atoms with Crippen molar-refractivity contribution in [1.29, 1.82) is 0 Å². The Labute approximate surface area is 228 Å². The van der Waals surface area contributed by atoms with Crippen LogP contribution in [0.2, 0.25) is 0 Å². The maximum Gasteiger partial charge on any atom is 0.254 e. The van der Waals surface area contributed by atoms with E-state index in [2.05, 4.69) is 32.1 Å². The van der Waals surface area contributed by atoms with Crippen LogP contribution in [0.5, 0.6) is 5.75 Å². The summed E-state index contributed by atoms with van der Waals surface area (Å²) in [4.78, 5) is 39.6. The minimum absolute atomic E-state index is 0.0181. The molecule has 1 aromatic carbocycles. The zero-order chi connectivity index (χ0) is 28.6. The highest BCUT2D eigenvalue weighted by molar-refractivity contribution is 5.95. The first-order valence-corrected chi connectivity index (χ1v) is 12.6. The molecule has 210 valence electrons. The zero-order valence-electron chi connectivity index (χ0n) is 21.7. The molecule has 1 saturated carbocycles. The van der Waals surface area contributed by atoms with Gasteiger partial charge >= 0.3 is 0 Å². The van der Waals surface area contributed by atoms with Gasteiger partial charge in [-0.25, -0.2) is 19.3 Å². The Bertz CT molecular complexity index is 1510. The number of halogens is 1. The molecule has 0 spiro atoms. The van der Waals surface area contributed by atoms with Crippen LogP contribution in [-0.4, -0.2) is 91.5 Å². The van der Waals surface area contributed by atoms with Crippen LogP contribution in [0.15, 0.2) is 24.5 Å². The van der Waals surface area contributed by atoms with Crippen molar-refractivity contribution < 1.29 is 33.7 Å². The van der Waals surface area contributed by atoms with Gasteiger partial charge in [0.2, 0.25) is 5.82 Å². The van der Waals surface area contributed by atoms with Crippen LogP contribution in [0, 0.1) is 17.7 Å². The summed E-state index contributed by atoms with van der Waals surface area (Å²) in [6, 6.07) is 4.03. The van der Waals surface area contributed by atoms with Crippen molar-refractivity contribution in [2.45, 2.75) is 49.8 Å². The molecule has 14 heteroatoms. The summed E-state index contributed by atoms with van der Waals surface area (Å²) in [5.41, 5.74) is 6.65. The van der Waals surface area contributed by atoms with E-state index in [-0.39, 0.29) is 52.6 Å². The van der Waals surface area contributed by atoms with Crippen molar-refractivity contribution in [2.24, 2.45) is 0 Å². The number of aliphatic hydroxyl groups excluding tert-OH is 2. The number of hydrogen-bond donors (Lipinski definition) is 4. The van der Waals surface area contributed by atoms with Gasteiger partial charge in [0.25, 0.3) is 11.8 Å². The molecule has 2 amide bonds. The second-order valence-corrected chi connectivity index (χ2v) is 9.47. The number of nitrogens with zero attached hydrogens (tertiary/aromatic N) is 5. The summed E-state index contributed by atoms with van der Waals surface area (Å²) >= 11 is 0. The fourth-order valence-electron chi connectivity index (χ4n) is 4.66. The molecule has 1 saturated heterocycles. The number of amides is 2. The van der Waals surface area contributed by atoms with Gasteiger partial charge in [0.05, 0.1) is 20.0 Å². The van der Waals surface area contributed by atoms with Crippen molar-refractivity contribution in [3.8, 4) is 17.6 Å². The maximum atomic E-state index is 14.2. The molecule has 40 heavy (non-hydrogen) atoms. The largest absolute Gasteiger partial charge is 0.494 e. The molecule has 3 heterocycles. The highest BCUT2D eigenvalue weighted by Crippen LogP contribution is 2.32. The number of ether oxygens (including phenoxy) is 2. The van der Waals surface area contributed by atoms with Gasteiger partial charge in [0.1, 0.15) is 17.7 Å². The first-order chi connectivity index (χ1) is 19.2. The summed E-state index contributed by atoms with van der Waals surface area (Å²) in [7, 11) is 2.74. The van der Waals surface area contributed by atoms with E-state index >= 15 is 0 Å². The third-order valence-electron chi connectivity index (χ3n) is 7.09. The number of nitrogen functional groups attached to an aromatic ring is 1. The summed E-state index contributed by atoms with van der Waals surface area (Å²) in [5.74, 6) is 4.23. The topological polar surface area (TPSA) is 178 Å². The Morgan fingerprint density at radius 3 is 2.73 bits per heavy atom. The van der Waals surface area contributed by atoms with Crippen LogP contribution in [0.25, 0.3) is 11.2 Å². The van der Waals surface area contributed by atoms with Crippen LogP contribution >= 0.6 is 0 Å². The highest BCUT2D eigenvalue weighted by Gasteiger charge is 2.47. The fraction of sp³-hybridized carbons (Fsp3) is 0.423. The molecule has 0 bridgehead atoms. The molecule has 3 aromatic rings. The molecule has 5 rings (SSSR count). The Kier molecular flexibility index (Phi) is 7.53. The molecular formula is C26H28FN7O6. The quantitative estimate of drug-likeness (QED) is 0.303. The first kappa shape index (κ1) is 27.3. The zero-order valence-corrected chi connectivity index (χ0v) is 21.7. The number of nitrogens with one attached hydrogen (secondary N) is 1. The number of fused-ring (bicyclic) bond motifs is 1. The predicted molar refractivity (Wildman–Crippen MR) is 138 cm³/mol. The van der Waals surface area contributed by atoms with Crippen LogP contribution in [0.1, 0.15) is 41.7 Å². The Morgan fingerprint density at radius 1 is 1.30 bits per heavy atom. The van der Waals surface area contributed by atoms with E-state index in [9.17, 15) is 24.2 Å². The third-order valence-corrected chi connectivity index (χ3v) is 7.09. The number of methoxy groups -OCH3 is 1. The number of carbonyl (C=O) groups excluding carboxylic acids is 2. The lowest BCUT2D eigenvalue weighted by Gasteiger charge is -2.36. The van der Waals surface area contributed by atoms with Gasteiger partial charge in [0.15, 0.2) is 35.4 Å². The normalized spacial score (nSPS) is 22.3. The summed E-state index contributed by atoms with van der Waals surface area (Å²) < 4.78 is 26.1. The molecule has 0 radical (unpaired) electrons. The number of rotatable bonds is 6. The summed E-state index contributed by atoms with van der Waals surface area (Å²) in [6.45, 7) is 0.0438. The van der Waals surface area contributed by atoms with Gasteiger partial charge in [-0.1, -0.05) is 5.92 Å². The first-order valence-electron chi connectivity index (χ1n) is 12.6. The van der Waals surface area contributed by atoms with Crippen molar-refractivity contribution in [3.05, 3.63) is 41.7 Å². The lowest BCUT2D eigenvalue weighted by Crippen LogP contribution is -2.44. The lowest BCUT2D eigenvalue weighted by molar-refractivity contribution is -0.137. The standard InChI is InChI=1S/C26H28FN7O6/c1-29-24(37)21-19(35)20(36)26(40-21)34-12-30-18-22(28)31-17(32-23(18)34)7-4-10-33(14-5-3-6-14)25(38)13-8-9-16(39-2)15(27)11-13/h8-9,11-12,14,19-21,26,35-36H,3,5-6,10H2,1-2H3,(H,29,37)(H2,28,31,32)/t19-,20?,21-,26+/m0/s1. The van der Waals surface area contributed by atoms with Crippen LogP contribution in [0.4, 0.5) is 10.2 Å². The minimum Gasteiger partial charge on any atom is -0.494 e. The van der Waals surface area contributed by atoms with Gasteiger partial charge < -0.3 is 35.6 Å². The molecule has 4 atom stereocenters. The molecule has 2 aromatic heterocycles. The molecule has 2 fully saturated rings. The maximum absolute atomic E-state index is 14.2. The van der Waals surface area contributed by atoms with Gasteiger partial charge in [-0.05, 0) is 43.4 Å². The average molecular weight is 554 g/mol. The molecule has 1 aliphatic carbocycles. The number of imidazole rings is 1. The average Bonchev–Trinajstić information content (AvgIpc) is 3.47. The number of aliphatic hydroxyl groups is 2. The third kappa shape index (κ3) is 4.90. The smallest absolute Gasteiger partial charge is 0.254 e. The SMILES string of the molecule is CNC(=O)[C@H]1O[C@@H](n2cnc3c(N)nc(C#CCN(C(=O)c4ccc(OC)c(F)c4)C4CCC4)nc32)C(O)[C@@H]1O. The number of hydrogen-bond acceptors (Lipinski definition) is 10. The van der Waals surface area contributed by atoms with Gasteiger partial charge in [-0.2, -0.15) is 0 Å². The Balaban J connectivity index is 1.40. The Morgan fingerprint density at radius 2 is 2.08 bits per heavy atom. The van der Waals surface area contributed by atoms with Crippen molar-refractivity contribution in [1.82, 2.24) is 29.7 Å². The van der Waals surface area contributed by atoms with Crippen LogP contribution in [0.3, 0.4) is 0 Å². The number of aromatic nitrogens is 4. The highest BCUT2D eigenvalue weighted by atomic mass is 19.1. The lowest BCUT2D eigenvalue weighted by atomic mass is 9.91. The molecule has 5 N–H and O–H groups in total. The van der Waals surface area contributed by atoms with E-state index < -0.39 is 36.3 Å². The molecule has 1 unspecified atom stereocenters. The van der Waals surface area contributed by atoms with E-state index in [1.165, 1.54) is 37.2 Å². The number of nitrogens with two attached hydrogens (primary N) is 1. The Hall–Kier alpha value is -4.32. The van der Waals surface area contributed by atoms with Crippen molar-refractivity contribution in [2.75, 3.05) is 26.4 Å². The van der Waals surface area contributed by atoms with E-state index in [1.54, 1.807) is 4.90 Å². The number of carbonyl (C=O) groups is 2. The second-order valence-electron chi connectivity index (χ2n) is 9.47. The summed E-state index contributed by atoms with van der Waals surface area (Å²) in [6.07, 6.45) is -1.48. The molecule has 1 aliphatic heterocycles. The monoisotopic (exact) mass is 553 g/mol. The minimum atomic E-state index is -1.48. The van der Waals surface area contributed by atoms with Crippen LogP contribution < -0.4 is 15.8 Å². The van der Waals surface area contributed by atoms with Gasteiger partial charge in [-0.15, -0.1) is 0 Å².